The van der Waals surface area contributed by atoms with Crippen molar-refractivity contribution >= 4 is 23.2 Å². The van der Waals surface area contributed by atoms with Gasteiger partial charge in [-0.1, -0.05) is 56.3 Å². The van der Waals surface area contributed by atoms with Gasteiger partial charge in [0.1, 0.15) is 5.75 Å². The Kier molecular flexibility index (Phi) is 7.23. The van der Waals surface area contributed by atoms with E-state index in [-0.39, 0.29) is 5.91 Å². The Bertz CT molecular complexity index is 815. The van der Waals surface area contributed by atoms with E-state index in [2.05, 4.69) is 12.2 Å². The molecule has 2 aromatic rings. The first kappa shape index (κ1) is 21.7. The summed E-state index contributed by atoms with van der Waals surface area (Å²) in [5.41, 5.74) is 3.53. The second-order valence-electron chi connectivity index (χ2n) is 8.24. The molecule has 0 saturated heterocycles. The number of carbonyl (C=O) groups is 1. The van der Waals surface area contributed by atoms with Gasteiger partial charge in [0.2, 0.25) is 5.91 Å². The van der Waals surface area contributed by atoms with Gasteiger partial charge in [-0.3, -0.25) is 4.79 Å². The minimum atomic E-state index is -0.485. The third-order valence-electron chi connectivity index (χ3n) is 6.00. The predicted octanol–water partition coefficient (Wildman–Crippen LogP) is 6.98. The number of amides is 1. The fraction of sp³-hybridized carbons (Fsp3) is 0.480. The summed E-state index contributed by atoms with van der Waals surface area (Å²) in [6.45, 7) is 6.96. The highest BCUT2D eigenvalue weighted by Crippen LogP contribution is 2.41. The van der Waals surface area contributed by atoms with Crippen LogP contribution in [0, 0.1) is 13.8 Å². The molecular weight excluding hydrogens is 382 g/mol. The zero-order valence-corrected chi connectivity index (χ0v) is 18.6. The van der Waals surface area contributed by atoms with Crippen molar-refractivity contribution in [2.45, 2.75) is 71.1 Å². The minimum absolute atomic E-state index is 0.0815. The lowest BCUT2D eigenvalue weighted by atomic mass is 9.68. The fourth-order valence-corrected chi connectivity index (χ4v) is 4.52. The van der Waals surface area contributed by atoms with Gasteiger partial charge in [-0.25, -0.2) is 0 Å². The van der Waals surface area contributed by atoms with Crippen LogP contribution in [0.3, 0.4) is 0 Å². The minimum Gasteiger partial charge on any atom is -0.493 e. The molecular formula is C25H32ClNO2. The van der Waals surface area contributed by atoms with E-state index in [0.29, 0.717) is 5.02 Å². The molecule has 1 saturated carbocycles. The summed E-state index contributed by atoms with van der Waals surface area (Å²) in [6, 6.07) is 11.8. The zero-order valence-electron chi connectivity index (χ0n) is 17.8. The molecule has 0 radical (unpaired) electrons. The Morgan fingerprint density at radius 1 is 1.07 bits per heavy atom. The first-order valence-corrected chi connectivity index (χ1v) is 11.2. The molecule has 1 aliphatic rings. The largest absolute Gasteiger partial charge is 0.493 e. The number of nitrogens with one attached hydrogen (secondary N) is 1. The molecule has 0 atom stereocenters. The van der Waals surface area contributed by atoms with Gasteiger partial charge in [-0.05, 0) is 74.1 Å². The van der Waals surface area contributed by atoms with Crippen molar-refractivity contribution < 1.29 is 9.53 Å². The lowest BCUT2D eigenvalue weighted by molar-refractivity contribution is -0.122. The van der Waals surface area contributed by atoms with E-state index in [1.165, 1.54) is 6.42 Å². The number of unbranched alkanes of at least 4 members (excludes halogenated alkanes) is 1. The summed E-state index contributed by atoms with van der Waals surface area (Å²) in [4.78, 5) is 13.5. The summed E-state index contributed by atoms with van der Waals surface area (Å²) < 4.78 is 5.96. The number of benzene rings is 2. The van der Waals surface area contributed by atoms with Gasteiger partial charge in [-0.2, -0.15) is 0 Å². The molecule has 29 heavy (non-hydrogen) atoms. The Hall–Kier alpha value is -2.00. The second kappa shape index (κ2) is 9.67. The Balaban J connectivity index is 1.84. The molecule has 1 aliphatic carbocycles. The van der Waals surface area contributed by atoms with Crippen molar-refractivity contribution in [2.75, 3.05) is 11.9 Å². The van der Waals surface area contributed by atoms with E-state index >= 15 is 0 Å². The van der Waals surface area contributed by atoms with Gasteiger partial charge in [-0.15, -0.1) is 0 Å². The SMILES string of the molecule is CCCCOc1c(C)cc(NC(=O)C2(c3ccc(Cl)cc3)CCCCC2)cc1C. The van der Waals surface area contributed by atoms with E-state index in [9.17, 15) is 4.79 Å². The summed E-state index contributed by atoms with van der Waals surface area (Å²) in [5.74, 6) is 1.01. The highest BCUT2D eigenvalue weighted by Gasteiger charge is 2.41. The van der Waals surface area contributed by atoms with Crippen LogP contribution in [-0.4, -0.2) is 12.5 Å². The number of anilines is 1. The molecule has 0 heterocycles. The number of rotatable bonds is 7. The van der Waals surface area contributed by atoms with Gasteiger partial charge in [0.25, 0.3) is 0 Å². The lowest BCUT2D eigenvalue weighted by Gasteiger charge is -2.36. The maximum absolute atomic E-state index is 13.5. The third-order valence-corrected chi connectivity index (χ3v) is 6.25. The highest BCUT2D eigenvalue weighted by atomic mass is 35.5. The molecule has 0 aliphatic heterocycles. The number of halogens is 1. The predicted molar refractivity (Wildman–Crippen MR) is 121 cm³/mol. The molecule has 0 spiro atoms. The smallest absolute Gasteiger partial charge is 0.235 e. The molecule has 0 aromatic heterocycles. The van der Waals surface area contributed by atoms with Gasteiger partial charge >= 0.3 is 0 Å². The number of ether oxygens (including phenoxy) is 1. The lowest BCUT2D eigenvalue weighted by Crippen LogP contribution is -2.42. The van der Waals surface area contributed by atoms with Crippen molar-refractivity contribution in [1.29, 1.82) is 0 Å². The maximum Gasteiger partial charge on any atom is 0.235 e. The number of hydrogen-bond acceptors (Lipinski definition) is 2. The van der Waals surface area contributed by atoms with Crippen LogP contribution < -0.4 is 10.1 Å². The summed E-state index contributed by atoms with van der Waals surface area (Å²) in [6.07, 6.45) is 7.22. The van der Waals surface area contributed by atoms with Crippen molar-refractivity contribution in [2.24, 2.45) is 0 Å². The van der Waals surface area contributed by atoms with Crippen molar-refractivity contribution in [1.82, 2.24) is 0 Å². The average molecular weight is 414 g/mol. The third kappa shape index (κ3) is 4.95. The van der Waals surface area contributed by atoms with E-state index in [1.54, 1.807) is 0 Å². The summed E-state index contributed by atoms with van der Waals surface area (Å²) in [7, 11) is 0. The molecule has 4 heteroatoms. The van der Waals surface area contributed by atoms with Crippen LogP contribution in [0.4, 0.5) is 5.69 Å². The Morgan fingerprint density at radius 3 is 2.28 bits per heavy atom. The quantitative estimate of drug-likeness (QED) is 0.497. The topological polar surface area (TPSA) is 38.3 Å². The molecule has 1 amide bonds. The Morgan fingerprint density at radius 2 is 1.69 bits per heavy atom. The second-order valence-corrected chi connectivity index (χ2v) is 8.68. The van der Waals surface area contributed by atoms with E-state index in [1.807, 2.05) is 50.2 Å². The van der Waals surface area contributed by atoms with Crippen molar-refractivity contribution in [3.8, 4) is 5.75 Å². The summed E-state index contributed by atoms with van der Waals surface area (Å²) >= 11 is 6.09. The summed E-state index contributed by atoms with van der Waals surface area (Å²) in [5, 5.41) is 3.91. The zero-order chi connectivity index (χ0) is 20.9. The van der Waals surface area contributed by atoms with Crippen LogP contribution >= 0.6 is 11.6 Å². The fourth-order valence-electron chi connectivity index (χ4n) is 4.39. The molecule has 1 fully saturated rings. The van der Waals surface area contributed by atoms with Crippen LogP contribution in [0.2, 0.25) is 5.02 Å². The van der Waals surface area contributed by atoms with Gasteiger partial charge in [0.15, 0.2) is 0 Å². The van der Waals surface area contributed by atoms with E-state index in [0.717, 1.165) is 73.3 Å². The molecule has 156 valence electrons. The number of carbonyl (C=O) groups excluding carboxylic acids is 1. The molecule has 1 N–H and O–H groups in total. The van der Waals surface area contributed by atoms with E-state index < -0.39 is 5.41 Å². The molecule has 3 nitrogen and oxygen atoms in total. The standard InChI is InChI=1S/C25H32ClNO2/c1-4-5-15-29-23-18(2)16-22(17-19(23)3)27-24(28)25(13-7-6-8-14-25)20-9-11-21(26)12-10-20/h9-12,16-17H,4-8,13-15H2,1-3H3,(H,27,28). The van der Waals surface area contributed by atoms with Gasteiger partial charge in [0, 0.05) is 10.7 Å². The normalized spacial score (nSPS) is 15.7. The van der Waals surface area contributed by atoms with E-state index in [4.69, 9.17) is 16.3 Å². The van der Waals surface area contributed by atoms with Crippen molar-refractivity contribution in [3.63, 3.8) is 0 Å². The first-order chi connectivity index (χ1) is 14.0. The Labute approximate surface area is 179 Å². The van der Waals surface area contributed by atoms with Crippen molar-refractivity contribution in [3.05, 3.63) is 58.1 Å². The first-order valence-electron chi connectivity index (χ1n) is 10.8. The number of hydrogen-bond donors (Lipinski definition) is 1. The van der Waals surface area contributed by atoms with Crippen LogP contribution in [0.25, 0.3) is 0 Å². The molecule has 2 aromatic carbocycles. The van der Waals surface area contributed by atoms with Crippen LogP contribution in [0.5, 0.6) is 5.75 Å². The number of aryl methyl sites for hydroxylation is 2. The van der Waals surface area contributed by atoms with Gasteiger partial charge < -0.3 is 10.1 Å². The molecule has 0 bridgehead atoms. The monoisotopic (exact) mass is 413 g/mol. The van der Waals surface area contributed by atoms with Crippen LogP contribution in [0.1, 0.15) is 68.6 Å². The van der Waals surface area contributed by atoms with Crippen LogP contribution in [0.15, 0.2) is 36.4 Å². The molecule has 0 unspecified atom stereocenters. The van der Waals surface area contributed by atoms with Gasteiger partial charge in [0.05, 0.1) is 12.0 Å². The van der Waals surface area contributed by atoms with Crippen LogP contribution in [-0.2, 0) is 10.2 Å². The maximum atomic E-state index is 13.5. The highest BCUT2D eigenvalue weighted by molar-refractivity contribution is 6.30. The average Bonchev–Trinajstić information content (AvgIpc) is 2.71. The molecule has 3 rings (SSSR count).